The molecule has 0 aliphatic heterocycles. The van der Waals surface area contributed by atoms with Gasteiger partial charge in [0.15, 0.2) is 11.6 Å². The second-order valence-corrected chi connectivity index (χ2v) is 4.07. The molecule has 4 nitrogen and oxygen atoms in total. The van der Waals surface area contributed by atoms with Crippen molar-refractivity contribution in [2.24, 2.45) is 5.73 Å². The average Bonchev–Trinajstić information content (AvgIpc) is 2.46. The number of nitrogen functional groups attached to an aromatic ring is 1. The molecular weight excluding hydrogens is 259 g/mol. The number of nitrogens with one attached hydrogen (secondary N) is 1. The van der Waals surface area contributed by atoms with Gasteiger partial charge in [0.05, 0.1) is 0 Å². The van der Waals surface area contributed by atoms with Gasteiger partial charge in [-0.25, -0.2) is 4.39 Å². The Labute approximate surface area is 116 Å². The van der Waals surface area contributed by atoms with Crippen LogP contribution in [0.25, 0.3) is 0 Å². The van der Waals surface area contributed by atoms with Crippen LogP contribution in [0.3, 0.4) is 0 Å². The number of hydrogen-bond acceptors (Lipinski definition) is 3. The first-order chi connectivity index (χ1) is 9.66. The Bertz CT molecular complexity index is 585. The molecule has 0 saturated heterocycles. The molecule has 20 heavy (non-hydrogen) atoms. The van der Waals surface area contributed by atoms with Crippen molar-refractivity contribution in [2.45, 2.75) is 0 Å². The molecule has 0 bridgehead atoms. The predicted octanol–water partition coefficient (Wildman–Crippen LogP) is 2.57. The van der Waals surface area contributed by atoms with Crippen molar-refractivity contribution in [3.8, 4) is 11.5 Å². The molecule has 0 heterocycles. The number of rotatable bonds is 6. The number of ether oxygens (including phenoxy) is 2. The van der Waals surface area contributed by atoms with Crippen molar-refractivity contribution in [3.63, 3.8) is 0 Å². The van der Waals surface area contributed by atoms with E-state index in [2.05, 4.69) is 0 Å². The van der Waals surface area contributed by atoms with E-state index in [9.17, 15) is 4.39 Å². The summed E-state index contributed by atoms with van der Waals surface area (Å²) in [6.07, 6.45) is 0. The fourth-order valence-corrected chi connectivity index (χ4v) is 1.60. The zero-order valence-corrected chi connectivity index (χ0v) is 10.8. The minimum atomic E-state index is -0.390. The number of nitrogens with two attached hydrogens (primary N) is 1. The van der Waals surface area contributed by atoms with Crippen LogP contribution in [-0.2, 0) is 0 Å². The van der Waals surface area contributed by atoms with E-state index in [4.69, 9.17) is 20.6 Å². The normalized spacial score (nSPS) is 10.1. The van der Waals surface area contributed by atoms with Crippen molar-refractivity contribution in [2.75, 3.05) is 13.2 Å². The highest BCUT2D eigenvalue weighted by molar-refractivity contribution is 5.94. The molecule has 0 spiro atoms. The number of para-hydroxylation sites is 1. The summed E-state index contributed by atoms with van der Waals surface area (Å²) in [6, 6.07) is 13.1. The Morgan fingerprint density at radius 3 is 2.30 bits per heavy atom. The standard InChI is InChI=1S/C15H15FN2O2/c16-13-3-1-2-4-14(13)20-10-9-19-12-7-5-11(6-8-12)15(17)18/h1-8H,9-10H2,(H3,17,18). The molecule has 2 rings (SSSR count). The second-order valence-electron chi connectivity index (χ2n) is 4.07. The van der Waals surface area contributed by atoms with Gasteiger partial charge in [0.1, 0.15) is 24.8 Å². The van der Waals surface area contributed by atoms with E-state index >= 15 is 0 Å². The monoisotopic (exact) mass is 274 g/mol. The Morgan fingerprint density at radius 1 is 1.00 bits per heavy atom. The minimum absolute atomic E-state index is 0.0134. The summed E-state index contributed by atoms with van der Waals surface area (Å²) in [5, 5.41) is 7.27. The summed E-state index contributed by atoms with van der Waals surface area (Å²) in [7, 11) is 0. The zero-order valence-electron chi connectivity index (χ0n) is 10.8. The van der Waals surface area contributed by atoms with Gasteiger partial charge in [-0.3, -0.25) is 5.41 Å². The van der Waals surface area contributed by atoms with Crippen LogP contribution in [0, 0.1) is 11.2 Å². The number of halogens is 1. The fourth-order valence-electron chi connectivity index (χ4n) is 1.60. The van der Waals surface area contributed by atoms with Gasteiger partial charge in [-0.1, -0.05) is 12.1 Å². The smallest absolute Gasteiger partial charge is 0.165 e. The maximum Gasteiger partial charge on any atom is 0.165 e. The first-order valence-corrected chi connectivity index (χ1v) is 6.11. The molecule has 3 N–H and O–H groups in total. The van der Waals surface area contributed by atoms with Crippen molar-refractivity contribution >= 4 is 5.84 Å². The van der Waals surface area contributed by atoms with Gasteiger partial charge < -0.3 is 15.2 Å². The lowest BCUT2D eigenvalue weighted by Crippen LogP contribution is -2.11. The molecule has 0 aromatic heterocycles. The molecule has 0 aliphatic rings. The summed E-state index contributed by atoms with van der Waals surface area (Å²) < 4.78 is 24.0. The average molecular weight is 274 g/mol. The van der Waals surface area contributed by atoms with Crippen LogP contribution in [0.5, 0.6) is 11.5 Å². The van der Waals surface area contributed by atoms with E-state index in [0.29, 0.717) is 17.9 Å². The van der Waals surface area contributed by atoms with Crippen molar-refractivity contribution < 1.29 is 13.9 Å². The van der Waals surface area contributed by atoms with Crippen molar-refractivity contribution in [3.05, 3.63) is 59.9 Å². The van der Waals surface area contributed by atoms with E-state index in [1.54, 1.807) is 42.5 Å². The van der Waals surface area contributed by atoms with Crippen LogP contribution in [0.4, 0.5) is 4.39 Å². The molecule has 104 valence electrons. The first-order valence-electron chi connectivity index (χ1n) is 6.11. The van der Waals surface area contributed by atoms with Gasteiger partial charge >= 0.3 is 0 Å². The summed E-state index contributed by atoms with van der Waals surface area (Å²) in [5.74, 6) is 0.480. The van der Waals surface area contributed by atoms with Crippen LogP contribution < -0.4 is 15.2 Å². The summed E-state index contributed by atoms with van der Waals surface area (Å²) in [5.41, 5.74) is 5.99. The lowest BCUT2D eigenvalue weighted by atomic mass is 10.2. The summed E-state index contributed by atoms with van der Waals surface area (Å²) >= 11 is 0. The van der Waals surface area contributed by atoms with Crippen LogP contribution in [0.15, 0.2) is 48.5 Å². The highest BCUT2D eigenvalue weighted by Gasteiger charge is 2.01. The van der Waals surface area contributed by atoms with Crippen LogP contribution in [0.2, 0.25) is 0 Å². The first kappa shape index (κ1) is 13.9. The molecule has 5 heteroatoms. The molecule has 0 radical (unpaired) electrons. The molecule has 0 aliphatic carbocycles. The third-order valence-electron chi connectivity index (χ3n) is 2.61. The van der Waals surface area contributed by atoms with Gasteiger partial charge in [-0.15, -0.1) is 0 Å². The van der Waals surface area contributed by atoms with Crippen molar-refractivity contribution in [1.82, 2.24) is 0 Å². The van der Waals surface area contributed by atoms with E-state index in [0.717, 1.165) is 0 Å². The lowest BCUT2D eigenvalue weighted by Gasteiger charge is -2.09. The Hall–Kier alpha value is -2.56. The zero-order chi connectivity index (χ0) is 14.4. The molecule has 0 fully saturated rings. The maximum atomic E-state index is 13.3. The maximum absolute atomic E-state index is 13.3. The summed E-state index contributed by atoms with van der Waals surface area (Å²) in [4.78, 5) is 0. The highest BCUT2D eigenvalue weighted by Crippen LogP contribution is 2.15. The quantitative estimate of drug-likeness (QED) is 0.483. The van der Waals surface area contributed by atoms with E-state index in [-0.39, 0.29) is 18.2 Å². The Balaban J connectivity index is 1.79. The largest absolute Gasteiger partial charge is 0.490 e. The van der Waals surface area contributed by atoms with Crippen LogP contribution in [-0.4, -0.2) is 19.0 Å². The number of amidine groups is 1. The molecule has 0 unspecified atom stereocenters. The van der Waals surface area contributed by atoms with Crippen LogP contribution in [0.1, 0.15) is 5.56 Å². The third-order valence-corrected chi connectivity index (χ3v) is 2.61. The number of hydrogen-bond donors (Lipinski definition) is 2. The second kappa shape index (κ2) is 6.56. The van der Waals surface area contributed by atoms with Gasteiger partial charge in [0.25, 0.3) is 0 Å². The van der Waals surface area contributed by atoms with E-state index in [1.807, 2.05) is 0 Å². The van der Waals surface area contributed by atoms with Crippen LogP contribution >= 0.6 is 0 Å². The third kappa shape index (κ3) is 3.71. The van der Waals surface area contributed by atoms with E-state index < -0.39 is 5.82 Å². The van der Waals surface area contributed by atoms with E-state index in [1.165, 1.54) is 6.07 Å². The molecule has 2 aromatic rings. The topological polar surface area (TPSA) is 68.3 Å². The lowest BCUT2D eigenvalue weighted by molar-refractivity contribution is 0.211. The molecular formula is C15H15FN2O2. The minimum Gasteiger partial charge on any atom is -0.490 e. The molecule has 2 aromatic carbocycles. The number of benzene rings is 2. The predicted molar refractivity (Wildman–Crippen MR) is 74.8 cm³/mol. The SMILES string of the molecule is N=C(N)c1ccc(OCCOc2ccccc2F)cc1. The Morgan fingerprint density at radius 2 is 1.65 bits per heavy atom. The van der Waals surface area contributed by atoms with Gasteiger partial charge in [-0.2, -0.15) is 0 Å². The highest BCUT2D eigenvalue weighted by atomic mass is 19.1. The molecule has 0 saturated carbocycles. The fraction of sp³-hybridized carbons (Fsp3) is 0.133. The van der Waals surface area contributed by atoms with Gasteiger partial charge in [0.2, 0.25) is 0 Å². The van der Waals surface area contributed by atoms with Gasteiger partial charge in [0, 0.05) is 5.56 Å². The van der Waals surface area contributed by atoms with Gasteiger partial charge in [-0.05, 0) is 36.4 Å². The molecule has 0 amide bonds. The summed E-state index contributed by atoms with van der Waals surface area (Å²) in [6.45, 7) is 0.545. The molecule has 0 atom stereocenters. The van der Waals surface area contributed by atoms with Crippen molar-refractivity contribution in [1.29, 1.82) is 5.41 Å². The Kier molecular flexibility index (Phi) is 4.55.